The number of nitrogens with two attached hydrogens (primary N) is 1. The van der Waals surface area contributed by atoms with Crippen LogP contribution in [0.15, 0.2) is 18.2 Å². The van der Waals surface area contributed by atoms with Crippen molar-refractivity contribution >= 4 is 11.6 Å². The van der Waals surface area contributed by atoms with Gasteiger partial charge >= 0.3 is 0 Å². The molecular formula is C15H23ClN2. The Kier molecular flexibility index (Phi) is 4.31. The van der Waals surface area contributed by atoms with Crippen molar-refractivity contribution in [2.45, 2.75) is 39.8 Å². The smallest absolute Gasteiger partial charge is 0.0454 e. The monoisotopic (exact) mass is 266 g/mol. The number of halogens is 1. The summed E-state index contributed by atoms with van der Waals surface area (Å²) >= 11 is 6.30. The second kappa shape index (κ2) is 5.60. The molecule has 0 unspecified atom stereocenters. The maximum Gasteiger partial charge on any atom is 0.0454 e. The molecule has 1 aromatic carbocycles. The summed E-state index contributed by atoms with van der Waals surface area (Å²) < 4.78 is 0. The first kappa shape index (κ1) is 13.9. The van der Waals surface area contributed by atoms with E-state index >= 15 is 0 Å². The van der Waals surface area contributed by atoms with Crippen molar-refractivity contribution in [3.8, 4) is 0 Å². The van der Waals surface area contributed by atoms with Gasteiger partial charge in [0.15, 0.2) is 0 Å². The van der Waals surface area contributed by atoms with Gasteiger partial charge in [0.05, 0.1) is 0 Å². The Morgan fingerprint density at radius 2 is 1.94 bits per heavy atom. The first-order chi connectivity index (χ1) is 8.50. The van der Waals surface area contributed by atoms with Crippen LogP contribution in [0.3, 0.4) is 0 Å². The molecule has 0 aromatic heterocycles. The molecule has 3 heteroatoms. The highest BCUT2D eigenvalue weighted by atomic mass is 35.5. The predicted molar refractivity (Wildman–Crippen MR) is 77.6 cm³/mol. The van der Waals surface area contributed by atoms with Crippen LogP contribution >= 0.6 is 11.6 Å². The number of hydrogen-bond acceptors (Lipinski definition) is 2. The summed E-state index contributed by atoms with van der Waals surface area (Å²) in [5.41, 5.74) is 8.43. The maximum atomic E-state index is 6.30. The van der Waals surface area contributed by atoms with Crippen molar-refractivity contribution in [2.24, 2.45) is 11.1 Å². The van der Waals surface area contributed by atoms with Crippen LogP contribution in [-0.2, 0) is 13.1 Å². The van der Waals surface area contributed by atoms with Gasteiger partial charge in [0.1, 0.15) is 0 Å². The zero-order valence-corrected chi connectivity index (χ0v) is 12.1. The molecular weight excluding hydrogens is 244 g/mol. The van der Waals surface area contributed by atoms with Gasteiger partial charge in [0.2, 0.25) is 0 Å². The largest absolute Gasteiger partial charge is 0.326 e. The third kappa shape index (κ3) is 3.47. The highest BCUT2D eigenvalue weighted by Crippen LogP contribution is 2.31. The molecule has 0 bridgehead atoms. The lowest BCUT2D eigenvalue weighted by atomic mass is 9.82. The van der Waals surface area contributed by atoms with Gasteiger partial charge in [-0.05, 0) is 48.5 Å². The van der Waals surface area contributed by atoms with Gasteiger partial charge in [0.25, 0.3) is 0 Å². The van der Waals surface area contributed by atoms with E-state index in [1.807, 2.05) is 6.07 Å². The summed E-state index contributed by atoms with van der Waals surface area (Å²) in [4.78, 5) is 2.49. The first-order valence-electron chi connectivity index (χ1n) is 6.70. The minimum absolute atomic E-state index is 0.504. The average Bonchev–Trinajstić information content (AvgIpc) is 2.34. The molecule has 1 aromatic rings. The third-order valence-corrected chi connectivity index (χ3v) is 4.31. The van der Waals surface area contributed by atoms with Gasteiger partial charge in [-0.1, -0.05) is 37.6 Å². The molecule has 1 aliphatic rings. The number of benzene rings is 1. The van der Waals surface area contributed by atoms with Gasteiger partial charge in [-0.25, -0.2) is 0 Å². The zero-order chi connectivity index (χ0) is 13.2. The molecule has 0 spiro atoms. The van der Waals surface area contributed by atoms with Crippen molar-refractivity contribution in [1.82, 2.24) is 4.90 Å². The van der Waals surface area contributed by atoms with E-state index in [1.165, 1.54) is 31.5 Å². The zero-order valence-electron chi connectivity index (χ0n) is 11.4. The molecule has 1 saturated heterocycles. The van der Waals surface area contributed by atoms with Gasteiger partial charge in [-0.15, -0.1) is 0 Å². The lowest BCUT2D eigenvalue weighted by Crippen LogP contribution is -2.36. The third-order valence-electron chi connectivity index (χ3n) is 3.96. The Labute approximate surface area is 115 Å². The molecule has 0 aliphatic carbocycles. The Hall–Kier alpha value is -0.570. The standard InChI is InChI=1S/C15H23ClN2/c1-15(2)5-7-18(8-6-15)11-13-4-3-12(10-17)9-14(13)16/h3-4,9H,5-8,10-11,17H2,1-2H3. The summed E-state index contributed by atoms with van der Waals surface area (Å²) in [5.74, 6) is 0. The van der Waals surface area contributed by atoms with Crippen molar-refractivity contribution < 1.29 is 0 Å². The molecule has 2 nitrogen and oxygen atoms in total. The number of nitrogens with zero attached hydrogens (tertiary/aromatic N) is 1. The molecule has 0 atom stereocenters. The van der Waals surface area contributed by atoms with E-state index in [9.17, 15) is 0 Å². The number of hydrogen-bond donors (Lipinski definition) is 1. The number of piperidine rings is 1. The first-order valence-corrected chi connectivity index (χ1v) is 7.08. The summed E-state index contributed by atoms with van der Waals surface area (Å²) in [7, 11) is 0. The summed E-state index contributed by atoms with van der Waals surface area (Å²) in [6.45, 7) is 8.56. The van der Waals surface area contributed by atoms with Crippen LogP contribution in [0.5, 0.6) is 0 Å². The van der Waals surface area contributed by atoms with Gasteiger partial charge in [-0.3, -0.25) is 4.90 Å². The molecule has 1 heterocycles. The fraction of sp³-hybridized carbons (Fsp3) is 0.600. The highest BCUT2D eigenvalue weighted by Gasteiger charge is 2.25. The van der Waals surface area contributed by atoms with Crippen LogP contribution in [0.25, 0.3) is 0 Å². The van der Waals surface area contributed by atoms with E-state index in [1.54, 1.807) is 0 Å². The molecule has 1 fully saturated rings. The molecule has 18 heavy (non-hydrogen) atoms. The lowest BCUT2D eigenvalue weighted by Gasteiger charge is -2.37. The Balaban J connectivity index is 1.98. The minimum atomic E-state index is 0.504. The van der Waals surface area contributed by atoms with Gasteiger partial charge in [-0.2, -0.15) is 0 Å². The SMILES string of the molecule is CC1(C)CCN(Cc2ccc(CN)cc2Cl)CC1. The van der Waals surface area contributed by atoms with Crippen LogP contribution in [0.1, 0.15) is 37.8 Å². The Morgan fingerprint density at radius 1 is 1.28 bits per heavy atom. The molecule has 0 amide bonds. The molecule has 0 radical (unpaired) electrons. The Morgan fingerprint density at radius 3 is 2.50 bits per heavy atom. The highest BCUT2D eigenvalue weighted by molar-refractivity contribution is 6.31. The van der Waals surface area contributed by atoms with Crippen LogP contribution in [0.4, 0.5) is 0 Å². The van der Waals surface area contributed by atoms with Crippen molar-refractivity contribution in [1.29, 1.82) is 0 Å². The van der Waals surface area contributed by atoms with E-state index in [4.69, 9.17) is 17.3 Å². The fourth-order valence-corrected chi connectivity index (χ4v) is 2.67. The quantitative estimate of drug-likeness (QED) is 0.908. The lowest BCUT2D eigenvalue weighted by molar-refractivity contribution is 0.127. The maximum absolute atomic E-state index is 6.30. The van der Waals surface area contributed by atoms with Crippen LogP contribution < -0.4 is 5.73 Å². The molecule has 100 valence electrons. The van der Waals surface area contributed by atoms with E-state index in [0.29, 0.717) is 12.0 Å². The fourth-order valence-electron chi connectivity index (χ4n) is 2.40. The van der Waals surface area contributed by atoms with Crippen LogP contribution in [0, 0.1) is 5.41 Å². The molecule has 2 rings (SSSR count). The molecule has 1 aliphatic heterocycles. The topological polar surface area (TPSA) is 29.3 Å². The van der Waals surface area contributed by atoms with Gasteiger partial charge in [0, 0.05) is 18.1 Å². The van der Waals surface area contributed by atoms with Crippen molar-refractivity contribution in [3.05, 3.63) is 34.3 Å². The second-order valence-corrected chi connectivity index (χ2v) is 6.48. The summed E-state index contributed by atoms with van der Waals surface area (Å²) in [6.07, 6.45) is 2.54. The minimum Gasteiger partial charge on any atom is -0.326 e. The van der Waals surface area contributed by atoms with Crippen molar-refractivity contribution in [3.63, 3.8) is 0 Å². The van der Waals surface area contributed by atoms with Crippen LogP contribution in [0.2, 0.25) is 5.02 Å². The predicted octanol–water partition coefficient (Wildman–Crippen LogP) is 3.42. The second-order valence-electron chi connectivity index (χ2n) is 6.07. The van der Waals surface area contributed by atoms with Crippen LogP contribution in [-0.4, -0.2) is 18.0 Å². The summed E-state index contributed by atoms with van der Waals surface area (Å²) in [6, 6.07) is 6.18. The van der Waals surface area contributed by atoms with E-state index < -0.39 is 0 Å². The van der Waals surface area contributed by atoms with Crippen molar-refractivity contribution in [2.75, 3.05) is 13.1 Å². The normalized spacial score (nSPS) is 20.0. The average molecular weight is 267 g/mol. The molecule has 2 N–H and O–H groups in total. The summed E-state index contributed by atoms with van der Waals surface area (Å²) in [5, 5.41) is 0.850. The Bertz CT molecular complexity index is 405. The molecule has 0 saturated carbocycles. The van der Waals surface area contributed by atoms with Gasteiger partial charge < -0.3 is 5.73 Å². The van der Waals surface area contributed by atoms with E-state index in [0.717, 1.165) is 17.1 Å². The van der Waals surface area contributed by atoms with E-state index in [2.05, 4.69) is 30.9 Å². The number of rotatable bonds is 3. The number of likely N-dealkylation sites (tertiary alicyclic amines) is 1. The van der Waals surface area contributed by atoms with E-state index in [-0.39, 0.29) is 0 Å².